The van der Waals surface area contributed by atoms with Crippen molar-refractivity contribution in [1.82, 2.24) is 0 Å². The third kappa shape index (κ3) is 3.61. The third-order valence-corrected chi connectivity index (χ3v) is 3.19. The van der Waals surface area contributed by atoms with Crippen LogP contribution in [-0.2, 0) is 6.54 Å². The maximum Gasteiger partial charge on any atom is 0.263 e. The topological polar surface area (TPSA) is 21.3 Å². The summed E-state index contributed by atoms with van der Waals surface area (Å²) in [4.78, 5) is 0. The number of anilines is 1. The molecular formula is C15H14ClF2NO. The minimum atomic E-state index is -2.43. The molecule has 0 spiro atoms. The number of alkyl halides is 2. The molecule has 106 valence electrons. The highest BCUT2D eigenvalue weighted by molar-refractivity contribution is 6.32. The zero-order chi connectivity index (χ0) is 14.5. The first kappa shape index (κ1) is 14.6. The molecule has 0 fully saturated rings. The summed E-state index contributed by atoms with van der Waals surface area (Å²) in [6.45, 7) is 0.536. The van der Waals surface area contributed by atoms with Crippen LogP contribution in [0.4, 0.5) is 14.5 Å². The van der Waals surface area contributed by atoms with E-state index in [2.05, 4.69) is 5.32 Å². The van der Waals surface area contributed by atoms with Gasteiger partial charge in [0.2, 0.25) is 0 Å². The van der Waals surface area contributed by atoms with E-state index in [1.54, 1.807) is 31.4 Å². The average Bonchev–Trinajstić information content (AvgIpc) is 2.46. The molecule has 5 heteroatoms. The van der Waals surface area contributed by atoms with Gasteiger partial charge in [-0.2, -0.15) is 0 Å². The summed E-state index contributed by atoms with van der Waals surface area (Å²) in [5, 5.41) is 3.73. The van der Waals surface area contributed by atoms with E-state index in [9.17, 15) is 8.78 Å². The number of methoxy groups -OCH3 is 1. The second-order valence-corrected chi connectivity index (χ2v) is 4.65. The van der Waals surface area contributed by atoms with E-state index in [1.807, 2.05) is 6.07 Å². The van der Waals surface area contributed by atoms with Gasteiger partial charge in [-0.1, -0.05) is 35.9 Å². The van der Waals surface area contributed by atoms with Crippen LogP contribution >= 0.6 is 11.6 Å². The molecular weight excluding hydrogens is 284 g/mol. The Kier molecular flexibility index (Phi) is 4.79. The first-order valence-corrected chi connectivity index (χ1v) is 6.42. The summed E-state index contributed by atoms with van der Waals surface area (Å²) < 4.78 is 30.0. The zero-order valence-corrected chi connectivity index (χ0v) is 11.6. The smallest absolute Gasteiger partial charge is 0.263 e. The Balaban J connectivity index is 2.01. The van der Waals surface area contributed by atoms with Gasteiger partial charge >= 0.3 is 0 Å². The Morgan fingerprint density at radius 2 is 1.85 bits per heavy atom. The highest BCUT2D eigenvalue weighted by Crippen LogP contribution is 2.27. The van der Waals surface area contributed by atoms with Crippen LogP contribution in [0.15, 0.2) is 42.5 Å². The fraction of sp³-hybridized carbons (Fsp3) is 0.200. The second kappa shape index (κ2) is 6.57. The van der Waals surface area contributed by atoms with E-state index in [1.165, 1.54) is 12.1 Å². The standard InChI is InChI=1S/C15H14ClF2NO/c1-20-14-8-12(6-7-13(14)16)19-9-10-2-4-11(5-3-10)15(17)18/h2-8,15,19H,9H2,1H3. The maximum absolute atomic E-state index is 12.4. The highest BCUT2D eigenvalue weighted by Gasteiger charge is 2.06. The Hall–Kier alpha value is -1.81. The molecule has 0 radical (unpaired) electrons. The van der Waals surface area contributed by atoms with Crippen LogP contribution in [0.5, 0.6) is 5.75 Å². The van der Waals surface area contributed by atoms with Gasteiger partial charge in [-0.15, -0.1) is 0 Å². The molecule has 0 saturated carbocycles. The fourth-order valence-electron chi connectivity index (χ4n) is 1.75. The molecule has 2 aromatic rings. The van der Waals surface area contributed by atoms with E-state index < -0.39 is 6.43 Å². The molecule has 1 N–H and O–H groups in total. The monoisotopic (exact) mass is 297 g/mol. The number of rotatable bonds is 5. The summed E-state index contributed by atoms with van der Waals surface area (Å²) in [6.07, 6.45) is -2.43. The van der Waals surface area contributed by atoms with E-state index >= 15 is 0 Å². The summed E-state index contributed by atoms with van der Waals surface area (Å²) in [6, 6.07) is 11.6. The van der Waals surface area contributed by atoms with E-state index in [0.29, 0.717) is 17.3 Å². The minimum Gasteiger partial charge on any atom is -0.495 e. The van der Waals surface area contributed by atoms with Crippen molar-refractivity contribution in [3.8, 4) is 5.75 Å². The van der Waals surface area contributed by atoms with Crippen LogP contribution in [0.2, 0.25) is 5.02 Å². The van der Waals surface area contributed by atoms with Crippen LogP contribution < -0.4 is 10.1 Å². The minimum absolute atomic E-state index is 0.0295. The van der Waals surface area contributed by atoms with Gasteiger partial charge in [-0.3, -0.25) is 0 Å². The Morgan fingerprint density at radius 1 is 1.15 bits per heavy atom. The van der Waals surface area contributed by atoms with Crippen LogP contribution in [0.3, 0.4) is 0 Å². The number of ether oxygens (including phenoxy) is 1. The van der Waals surface area contributed by atoms with Crippen molar-refractivity contribution in [3.63, 3.8) is 0 Å². The molecule has 2 nitrogen and oxygen atoms in total. The Labute approximate surface area is 121 Å². The lowest BCUT2D eigenvalue weighted by Crippen LogP contribution is -2.00. The van der Waals surface area contributed by atoms with Crippen molar-refractivity contribution in [2.75, 3.05) is 12.4 Å². The Bertz CT molecular complexity index is 573. The van der Waals surface area contributed by atoms with Crippen molar-refractivity contribution < 1.29 is 13.5 Å². The quantitative estimate of drug-likeness (QED) is 0.847. The lowest BCUT2D eigenvalue weighted by atomic mass is 10.1. The second-order valence-electron chi connectivity index (χ2n) is 4.25. The number of benzene rings is 2. The van der Waals surface area contributed by atoms with Crippen molar-refractivity contribution >= 4 is 17.3 Å². The first-order chi connectivity index (χ1) is 9.60. The molecule has 0 bridgehead atoms. The molecule has 0 amide bonds. The van der Waals surface area contributed by atoms with Crippen molar-refractivity contribution in [2.45, 2.75) is 13.0 Å². The summed E-state index contributed by atoms with van der Waals surface area (Å²) in [7, 11) is 1.55. The summed E-state index contributed by atoms with van der Waals surface area (Å²) in [5.74, 6) is 0.588. The normalized spacial score (nSPS) is 10.7. The molecule has 0 aliphatic carbocycles. The van der Waals surface area contributed by atoms with Gasteiger partial charge in [0, 0.05) is 23.9 Å². The number of hydrogen-bond donors (Lipinski definition) is 1. The number of halogens is 3. The van der Waals surface area contributed by atoms with Crippen LogP contribution in [-0.4, -0.2) is 7.11 Å². The molecule has 0 aliphatic heterocycles. The lowest BCUT2D eigenvalue weighted by Gasteiger charge is -2.10. The zero-order valence-electron chi connectivity index (χ0n) is 10.9. The first-order valence-electron chi connectivity index (χ1n) is 6.04. The lowest BCUT2D eigenvalue weighted by molar-refractivity contribution is 0.151. The number of nitrogens with one attached hydrogen (secondary N) is 1. The maximum atomic E-state index is 12.4. The highest BCUT2D eigenvalue weighted by atomic mass is 35.5. The van der Waals surface area contributed by atoms with Gasteiger partial charge in [-0.25, -0.2) is 8.78 Å². The summed E-state index contributed by atoms with van der Waals surface area (Å²) in [5.41, 5.74) is 1.80. The van der Waals surface area contributed by atoms with Gasteiger partial charge in [0.25, 0.3) is 6.43 Å². The molecule has 0 aromatic heterocycles. The molecule has 2 rings (SSSR count). The van der Waals surface area contributed by atoms with Crippen molar-refractivity contribution in [1.29, 1.82) is 0 Å². The summed E-state index contributed by atoms with van der Waals surface area (Å²) >= 11 is 5.94. The molecule has 0 saturated heterocycles. The molecule has 2 aromatic carbocycles. The van der Waals surface area contributed by atoms with Crippen LogP contribution in [0, 0.1) is 0 Å². The average molecular weight is 298 g/mol. The van der Waals surface area contributed by atoms with Gasteiger partial charge in [0.15, 0.2) is 0 Å². The van der Waals surface area contributed by atoms with E-state index in [4.69, 9.17) is 16.3 Å². The molecule has 0 heterocycles. The van der Waals surface area contributed by atoms with E-state index in [0.717, 1.165) is 11.3 Å². The van der Waals surface area contributed by atoms with Gasteiger partial charge < -0.3 is 10.1 Å². The van der Waals surface area contributed by atoms with Crippen LogP contribution in [0.25, 0.3) is 0 Å². The Morgan fingerprint density at radius 3 is 2.45 bits per heavy atom. The third-order valence-electron chi connectivity index (χ3n) is 2.88. The largest absolute Gasteiger partial charge is 0.495 e. The van der Waals surface area contributed by atoms with Gasteiger partial charge in [0.1, 0.15) is 5.75 Å². The van der Waals surface area contributed by atoms with Gasteiger partial charge in [-0.05, 0) is 17.7 Å². The van der Waals surface area contributed by atoms with Crippen molar-refractivity contribution in [3.05, 3.63) is 58.6 Å². The van der Waals surface area contributed by atoms with Crippen LogP contribution in [0.1, 0.15) is 17.6 Å². The molecule has 0 atom stereocenters. The van der Waals surface area contributed by atoms with Gasteiger partial charge in [0.05, 0.1) is 12.1 Å². The fourth-order valence-corrected chi connectivity index (χ4v) is 1.95. The molecule has 20 heavy (non-hydrogen) atoms. The number of hydrogen-bond acceptors (Lipinski definition) is 2. The van der Waals surface area contributed by atoms with Crippen molar-refractivity contribution in [2.24, 2.45) is 0 Å². The van der Waals surface area contributed by atoms with E-state index in [-0.39, 0.29) is 5.56 Å². The predicted molar refractivity (Wildman–Crippen MR) is 76.7 cm³/mol. The molecule has 0 aliphatic rings. The SMILES string of the molecule is COc1cc(NCc2ccc(C(F)F)cc2)ccc1Cl. The predicted octanol–water partition coefficient (Wildman–Crippen LogP) is 4.90. The molecule has 0 unspecified atom stereocenters.